The van der Waals surface area contributed by atoms with E-state index in [4.69, 9.17) is 0 Å². The molecule has 1 atom stereocenters. The van der Waals surface area contributed by atoms with Crippen LogP contribution in [0.5, 0.6) is 0 Å². The van der Waals surface area contributed by atoms with Crippen molar-refractivity contribution in [3.8, 4) is 0 Å². The molecule has 1 N–H and O–H groups in total. The molecule has 1 heterocycles. The molecular weight excluding hydrogens is 414 g/mol. The fraction of sp³-hybridized carbons (Fsp3) is 0.250. The molecule has 0 bridgehead atoms. The van der Waals surface area contributed by atoms with Crippen LogP contribution in [0.4, 0.5) is 0 Å². The predicted octanol–water partition coefficient (Wildman–Crippen LogP) is 5.39. The van der Waals surface area contributed by atoms with Crippen molar-refractivity contribution in [3.63, 3.8) is 0 Å². The van der Waals surface area contributed by atoms with Crippen LogP contribution < -0.4 is 5.32 Å². The molecule has 3 aliphatic rings. The molecule has 28 heavy (non-hydrogen) atoms. The van der Waals surface area contributed by atoms with E-state index in [9.17, 15) is 9.59 Å². The van der Waals surface area contributed by atoms with Crippen molar-refractivity contribution < 1.29 is 9.59 Å². The monoisotopic (exact) mass is 433 g/mol. The molecule has 0 spiro atoms. The van der Waals surface area contributed by atoms with Gasteiger partial charge in [0.05, 0.1) is 5.70 Å². The summed E-state index contributed by atoms with van der Waals surface area (Å²) in [5.41, 5.74) is 5.80. The van der Waals surface area contributed by atoms with Crippen molar-refractivity contribution >= 4 is 33.2 Å². The summed E-state index contributed by atoms with van der Waals surface area (Å²) in [7, 11) is 0. The fourth-order valence-electron chi connectivity index (χ4n) is 4.81. The SMILES string of the molecule is CC1(C)CC(=O)C2=C(C1)NC1=C(C(=O)c3ccccc31)C2c1ccccc1Br. The number of hydrogen-bond donors (Lipinski definition) is 1. The summed E-state index contributed by atoms with van der Waals surface area (Å²) in [6, 6.07) is 15.6. The molecule has 2 aromatic carbocycles. The predicted molar refractivity (Wildman–Crippen MR) is 113 cm³/mol. The summed E-state index contributed by atoms with van der Waals surface area (Å²) in [6.07, 6.45) is 1.29. The Morgan fingerprint density at radius 2 is 1.61 bits per heavy atom. The van der Waals surface area contributed by atoms with E-state index in [0.29, 0.717) is 17.6 Å². The Morgan fingerprint density at radius 1 is 0.929 bits per heavy atom. The lowest BCUT2D eigenvalue weighted by molar-refractivity contribution is -0.118. The van der Waals surface area contributed by atoms with E-state index in [1.165, 1.54) is 0 Å². The molecule has 5 rings (SSSR count). The molecule has 3 nitrogen and oxygen atoms in total. The van der Waals surface area contributed by atoms with Gasteiger partial charge in [0.1, 0.15) is 0 Å². The number of carbonyl (C=O) groups is 2. The number of benzene rings is 2. The zero-order valence-electron chi connectivity index (χ0n) is 15.8. The van der Waals surface area contributed by atoms with Crippen LogP contribution in [0.1, 0.15) is 54.1 Å². The first-order valence-corrected chi connectivity index (χ1v) is 10.3. The molecule has 4 heteroatoms. The third-order valence-electron chi connectivity index (χ3n) is 5.94. The summed E-state index contributed by atoms with van der Waals surface area (Å²) in [4.78, 5) is 26.6. The Kier molecular flexibility index (Phi) is 3.79. The smallest absolute Gasteiger partial charge is 0.192 e. The van der Waals surface area contributed by atoms with Gasteiger partial charge in [-0.05, 0) is 23.5 Å². The van der Waals surface area contributed by atoms with Crippen LogP contribution >= 0.6 is 15.9 Å². The van der Waals surface area contributed by atoms with Gasteiger partial charge in [-0.3, -0.25) is 9.59 Å². The molecule has 1 aliphatic heterocycles. The minimum atomic E-state index is -0.342. The molecule has 0 amide bonds. The molecule has 0 saturated heterocycles. The van der Waals surface area contributed by atoms with Gasteiger partial charge in [-0.15, -0.1) is 0 Å². The number of Topliss-reactive ketones (excluding diaryl/α,β-unsaturated/α-hetero) is 2. The lowest BCUT2D eigenvalue weighted by Gasteiger charge is -2.39. The van der Waals surface area contributed by atoms with Crippen LogP contribution in [0.2, 0.25) is 0 Å². The van der Waals surface area contributed by atoms with Crippen LogP contribution in [0.3, 0.4) is 0 Å². The normalized spacial score (nSPS) is 22.6. The van der Waals surface area contributed by atoms with E-state index < -0.39 is 0 Å². The van der Waals surface area contributed by atoms with Crippen molar-refractivity contribution in [2.75, 3.05) is 0 Å². The highest BCUT2D eigenvalue weighted by Crippen LogP contribution is 2.52. The molecular formula is C24H20BrNO2. The molecule has 2 aliphatic carbocycles. The summed E-state index contributed by atoms with van der Waals surface area (Å²) >= 11 is 3.65. The Balaban J connectivity index is 1.78. The quantitative estimate of drug-likeness (QED) is 0.655. The second-order valence-corrected chi connectivity index (χ2v) is 9.43. The van der Waals surface area contributed by atoms with E-state index in [1.807, 2.05) is 48.5 Å². The van der Waals surface area contributed by atoms with E-state index in [1.54, 1.807) is 0 Å². The van der Waals surface area contributed by atoms with E-state index in [-0.39, 0.29) is 22.9 Å². The Hall–Kier alpha value is -2.46. The second kappa shape index (κ2) is 6.02. The fourth-order valence-corrected chi connectivity index (χ4v) is 5.32. The summed E-state index contributed by atoms with van der Waals surface area (Å²) in [5, 5.41) is 3.51. The first kappa shape index (κ1) is 17.6. The van der Waals surface area contributed by atoms with Gasteiger partial charge < -0.3 is 5.32 Å². The maximum Gasteiger partial charge on any atom is 0.192 e. The van der Waals surface area contributed by atoms with Gasteiger partial charge in [-0.2, -0.15) is 0 Å². The maximum atomic E-state index is 13.4. The lowest BCUT2D eigenvalue weighted by atomic mass is 9.68. The van der Waals surface area contributed by atoms with Gasteiger partial charge in [-0.25, -0.2) is 0 Å². The molecule has 2 aromatic rings. The number of carbonyl (C=O) groups excluding carboxylic acids is 2. The van der Waals surface area contributed by atoms with E-state index >= 15 is 0 Å². The van der Waals surface area contributed by atoms with Crippen LogP contribution in [-0.2, 0) is 4.79 Å². The standard InChI is InChI=1S/C24H20BrNO2/c1-24(2)11-17-20(18(27)12-24)19(15-9-5-6-10-16(15)25)21-22(26-17)13-7-3-4-8-14(13)23(21)28/h3-10,19,26H,11-12H2,1-2H3. The summed E-state index contributed by atoms with van der Waals surface area (Å²) in [5.74, 6) is -0.192. The average Bonchev–Trinajstić information content (AvgIpc) is 2.92. The minimum Gasteiger partial charge on any atom is -0.358 e. The Bertz CT molecular complexity index is 1120. The van der Waals surface area contributed by atoms with Crippen LogP contribution in [0.25, 0.3) is 5.70 Å². The van der Waals surface area contributed by atoms with Crippen LogP contribution in [0.15, 0.2) is 69.8 Å². The zero-order chi connectivity index (χ0) is 19.6. The third kappa shape index (κ3) is 2.47. The highest BCUT2D eigenvalue weighted by Gasteiger charge is 2.46. The first-order chi connectivity index (χ1) is 13.4. The number of ketones is 2. The van der Waals surface area contributed by atoms with Crippen molar-refractivity contribution in [3.05, 3.63) is 86.5 Å². The topological polar surface area (TPSA) is 46.2 Å². The number of nitrogens with one attached hydrogen (secondary N) is 1. The van der Waals surface area contributed by atoms with Gasteiger partial charge in [0, 0.05) is 44.8 Å². The Labute approximate surface area is 172 Å². The van der Waals surface area contributed by atoms with Crippen LogP contribution in [0, 0.1) is 5.41 Å². The largest absolute Gasteiger partial charge is 0.358 e. The van der Waals surface area contributed by atoms with Crippen molar-refractivity contribution in [1.29, 1.82) is 0 Å². The number of fused-ring (bicyclic) bond motifs is 2. The zero-order valence-corrected chi connectivity index (χ0v) is 17.4. The molecule has 0 aromatic heterocycles. The van der Waals surface area contributed by atoms with Gasteiger partial charge in [0.25, 0.3) is 0 Å². The second-order valence-electron chi connectivity index (χ2n) is 8.58. The molecule has 140 valence electrons. The highest BCUT2D eigenvalue weighted by molar-refractivity contribution is 9.10. The highest BCUT2D eigenvalue weighted by atomic mass is 79.9. The molecule has 0 radical (unpaired) electrons. The number of allylic oxidation sites excluding steroid dienone is 3. The number of rotatable bonds is 1. The Morgan fingerprint density at radius 3 is 2.36 bits per heavy atom. The lowest BCUT2D eigenvalue weighted by Crippen LogP contribution is -2.37. The van der Waals surface area contributed by atoms with E-state index in [2.05, 4.69) is 35.1 Å². The van der Waals surface area contributed by atoms with Gasteiger partial charge >= 0.3 is 0 Å². The number of halogens is 1. The molecule has 0 fully saturated rings. The van der Waals surface area contributed by atoms with Gasteiger partial charge in [-0.1, -0.05) is 72.2 Å². The number of dihydropyridines is 1. The molecule has 1 unspecified atom stereocenters. The van der Waals surface area contributed by atoms with Crippen molar-refractivity contribution in [1.82, 2.24) is 5.32 Å². The van der Waals surface area contributed by atoms with E-state index in [0.717, 1.165) is 39.0 Å². The van der Waals surface area contributed by atoms with Gasteiger partial charge in [0.2, 0.25) is 0 Å². The third-order valence-corrected chi connectivity index (χ3v) is 6.67. The minimum absolute atomic E-state index is 0.0167. The first-order valence-electron chi connectivity index (χ1n) is 9.53. The van der Waals surface area contributed by atoms with Crippen LogP contribution in [-0.4, -0.2) is 11.6 Å². The van der Waals surface area contributed by atoms with Crippen molar-refractivity contribution in [2.24, 2.45) is 5.41 Å². The average molecular weight is 434 g/mol. The van der Waals surface area contributed by atoms with Gasteiger partial charge in [0.15, 0.2) is 11.6 Å². The number of hydrogen-bond acceptors (Lipinski definition) is 3. The maximum absolute atomic E-state index is 13.4. The molecule has 0 saturated carbocycles. The summed E-state index contributed by atoms with van der Waals surface area (Å²) in [6.45, 7) is 4.25. The summed E-state index contributed by atoms with van der Waals surface area (Å²) < 4.78 is 0.919. The van der Waals surface area contributed by atoms with Crippen molar-refractivity contribution in [2.45, 2.75) is 32.6 Å².